The second kappa shape index (κ2) is 11.0. The van der Waals surface area contributed by atoms with Crippen molar-refractivity contribution in [2.75, 3.05) is 12.3 Å². The summed E-state index contributed by atoms with van der Waals surface area (Å²) in [5, 5.41) is 10.6. The number of phosphoric ester groups is 1. The predicted octanol–water partition coefficient (Wildman–Crippen LogP) is 3.56. The van der Waals surface area contributed by atoms with E-state index in [0.29, 0.717) is 5.52 Å². The highest BCUT2D eigenvalue weighted by Crippen LogP contribution is 2.51. The van der Waals surface area contributed by atoms with E-state index in [0.717, 1.165) is 11.1 Å². The van der Waals surface area contributed by atoms with Gasteiger partial charge in [0.15, 0.2) is 23.9 Å². The van der Waals surface area contributed by atoms with E-state index in [1.54, 1.807) is 24.3 Å². The minimum atomic E-state index is -4.16. The van der Waals surface area contributed by atoms with Crippen LogP contribution in [0.3, 0.4) is 0 Å². The van der Waals surface area contributed by atoms with Crippen LogP contribution in [0.1, 0.15) is 17.4 Å². The molecule has 0 unspecified atom stereocenters. The Morgan fingerprint density at radius 1 is 0.973 bits per heavy atom. The van der Waals surface area contributed by atoms with Crippen molar-refractivity contribution in [1.82, 2.24) is 19.5 Å². The van der Waals surface area contributed by atoms with Gasteiger partial charge < -0.3 is 15.6 Å². The molecule has 1 saturated heterocycles. The molecule has 3 N–H and O–H groups in total. The molecule has 1 fully saturated rings. The molecule has 37 heavy (non-hydrogen) atoms. The van der Waals surface area contributed by atoms with Gasteiger partial charge in [0.05, 0.1) is 26.1 Å². The standard InChI is InChI=1S/C24H25FN5O6P/c25-19-18(36-24(21(19)31)30-15-29-20-22(26)27-14-28-23(20)30)13-35-37(32,33-11-16-7-3-1-4-8-16)34-12-17-9-5-2-6-10-17/h1-10,14-15,18-19,21,24,31H,11-13H2,(H2,26,27,28)/t18-,19+,21-,24-/m1/s1. The van der Waals surface area contributed by atoms with Gasteiger partial charge in [-0.1, -0.05) is 60.7 Å². The molecule has 3 heterocycles. The number of benzene rings is 2. The van der Waals surface area contributed by atoms with Crippen molar-refractivity contribution in [2.45, 2.75) is 37.8 Å². The van der Waals surface area contributed by atoms with E-state index >= 15 is 4.39 Å². The van der Waals surface area contributed by atoms with Crippen molar-refractivity contribution < 1.29 is 32.4 Å². The summed E-state index contributed by atoms with van der Waals surface area (Å²) in [5.74, 6) is 0.139. The lowest BCUT2D eigenvalue weighted by Crippen LogP contribution is -2.30. The van der Waals surface area contributed by atoms with Crippen LogP contribution in [-0.2, 0) is 36.1 Å². The first-order valence-corrected chi connectivity index (χ1v) is 12.9. The molecule has 2 aromatic carbocycles. The van der Waals surface area contributed by atoms with Crippen LogP contribution in [0, 0.1) is 0 Å². The number of rotatable bonds is 10. The Hall–Kier alpha value is -3.25. The predicted molar refractivity (Wildman–Crippen MR) is 131 cm³/mol. The largest absolute Gasteiger partial charge is 0.475 e. The zero-order valence-electron chi connectivity index (χ0n) is 19.5. The topological polar surface area (TPSA) is 144 Å². The Morgan fingerprint density at radius 3 is 2.22 bits per heavy atom. The van der Waals surface area contributed by atoms with Crippen LogP contribution >= 0.6 is 7.82 Å². The third-order valence-electron chi connectivity index (χ3n) is 5.81. The minimum absolute atomic E-state index is 0.0507. The van der Waals surface area contributed by atoms with E-state index < -0.39 is 39.0 Å². The highest BCUT2D eigenvalue weighted by atomic mass is 31.2. The van der Waals surface area contributed by atoms with Gasteiger partial charge in [0.2, 0.25) is 0 Å². The third kappa shape index (κ3) is 5.69. The molecule has 194 valence electrons. The Bertz CT molecular complexity index is 1330. The van der Waals surface area contributed by atoms with Crippen LogP contribution in [0.15, 0.2) is 73.3 Å². The minimum Gasteiger partial charge on any atom is -0.385 e. The Kier molecular flexibility index (Phi) is 7.56. The van der Waals surface area contributed by atoms with Crippen molar-refractivity contribution >= 4 is 24.8 Å². The fourth-order valence-electron chi connectivity index (χ4n) is 3.86. The van der Waals surface area contributed by atoms with Gasteiger partial charge in [-0.2, -0.15) is 0 Å². The molecule has 0 saturated carbocycles. The quantitative estimate of drug-likeness (QED) is 0.293. The molecule has 0 bridgehead atoms. The molecule has 13 heteroatoms. The van der Waals surface area contributed by atoms with E-state index in [1.165, 1.54) is 17.2 Å². The molecular formula is C24H25FN5O6P. The number of nitrogens with two attached hydrogens (primary N) is 1. The van der Waals surface area contributed by atoms with Crippen LogP contribution in [0.4, 0.5) is 10.2 Å². The van der Waals surface area contributed by atoms with Gasteiger partial charge in [-0.15, -0.1) is 0 Å². The number of halogens is 1. The Morgan fingerprint density at radius 2 is 1.59 bits per heavy atom. The summed E-state index contributed by atoms with van der Waals surface area (Å²) in [4.78, 5) is 12.1. The lowest BCUT2D eigenvalue weighted by Gasteiger charge is -2.21. The molecule has 0 aliphatic carbocycles. The zero-order chi connectivity index (χ0) is 25.8. The zero-order valence-corrected chi connectivity index (χ0v) is 20.4. The van der Waals surface area contributed by atoms with E-state index in [9.17, 15) is 9.67 Å². The SMILES string of the molecule is Nc1ncnc2c1ncn2[C@@H]1O[C@H](COP(=O)(OCc2ccccc2)OCc2ccccc2)[C@H](F)[C@H]1O. The summed E-state index contributed by atoms with van der Waals surface area (Å²) in [5.41, 5.74) is 7.87. The maximum Gasteiger partial charge on any atom is 0.475 e. The third-order valence-corrected chi connectivity index (χ3v) is 7.17. The van der Waals surface area contributed by atoms with Gasteiger partial charge >= 0.3 is 7.82 Å². The maximum absolute atomic E-state index is 15.1. The average Bonchev–Trinajstić information content (AvgIpc) is 3.48. The first-order chi connectivity index (χ1) is 17.9. The number of aliphatic hydroxyl groups excluding tert-OH is 1. The van der Waals surface area contributed by atoms with Crippen molar-refractivity contribution in [2.24, 2.45) is 0 Å². The highest BCUT2D eigenvalue weighted by Gasteiger charge is 2.47. The summed E-state index contributed by atoms with van der Waals surface area (Å²) in [6.07, 6.45) is -3.32. The summed E-state index contributed by atoms with van der Waals surface area (Å²) in [6, 6.07) is 18.1. The molecule has 2 aromatic heterocycles. The van der Waals surface area contributed by atoms with E-state index in [-0.39, 0.29) is 24.7 Å². The number of hydrogen-bond donors (Lipinski definition) is 2. The first kappa shape index (κ1) is 25.4. The van der Waals surface area contributed by atoms with E-state index in [4.69, 9.17) is 24.0 Å². The van der Waals surface area contributed by atoms with Crippen LogP contribution in [0.5, 0.6) is 0 Å². The van der Waals surface area contributed by atoms with Crippen molar-refractivity contribution in [1.29, 1.82) is 0 Å². The second-order valence-corrected chi connectivity index (χ2v) is 10.0. The lowest BCUT2D eigenvalue weighted by molar-refractivity contribution is -0.0514. The number of phosphoric acid groups is 1. The summed E-state index contributed by atoms with van der Waals surface area (Å²) < 4.78 is 52.3. The van der Waals surface area contributed by atoms with Crippen LogP contribution < -0.4 is 5.73 Å². The van der Waals surface area contributed by atoms with Crippen LogP contribution in [-0.4, -0.2) is 49.6 Å². The molecular weight excluding hydrogens is 504 g/mol. The smallest absolute Gasteiger partial charge is 0.385 e. The monoisotopic (exact) mass is 529 g/mol. The second-order valence-electron chi connectivity index (χ2n) is 8.34. The van der Waals surface area contributed by atoms with Crippen LogP contribution in [0.25, 0.3) is 11.2 Å². The van der Waals surface area contributed by atoms with E-state index in [1.807, 2.05) is 36.4 Å². The number of aromatic nitrogens is 4. The van der Waals surface area contributed by atoms with E-state index in [2.05, 4.69) is 15.0 Å². The molecule has 1 aliphatic rings. The maximum atomic E-state index is 15.1. The fourth-order valence-corrected chi connectivity index (χ4v) is 5.03. The first-order valence-electron chi connectivity index (χ1n) is 11.5. The number of aliphatic hydroxyl groups is 1. The summed E-state index contributed by atoms with van der Waals surface area (Å²) >= 11 is 0. The van der Waals surface area contributed by atoms with Gasteiger partial charge in [-0.25, -0.2) is 23.9 Å². The summed E-state index contributed by atoms with van der Waals surface area (Å²) in [6.45, 7) is -0.602. The van der Waals surface area contributed by atoms with Crippen molar-refractivity contribution in [3.63, 3.8) is 0 Å². The number of fused-ring (bicyclic) bond motifs is 1. The molecule has 0 radical (unpaired) electrons. The Balaban J connectivity index is 1.29. The van der Waals surface area contributed by atoms with Crippen molar-refractivity contribution in [3.8, 4) is 0 Å². The van der Waals surface area contributed by atoms with Gasteiger partial charge in [0.1, 0.15) is 24.1 Å². The molecule has 0 spiro atoms. The molecule has 0 amide bonds. The normalized spacial score (nSPS) is 22.0. The number of hydrogen-bond acceptors (Lipinski definition) is 10. The van der Waals surface area contributed by atoms with Gasteiger partial charge in [0.25, 0.3) is 0 Å². The number of alkyl halides is 1. The lowest BCUT2D eigenvalue weighted by atomic mass is 10.1. The molecule has 11 nitrogen and oxygen atoms in total. The van der Waals surface area contributed by atoms with Gasteiger partial charge in [0, 0.05) is 0 Å². The molecule has 4 atom stereocenters. The molecule has 4 aromatic rings. The van der Waals surface area contributed by atoms with Gasteiger partial charge in [-0.3, -0.25) is 18.1 Å². The molecule has 5 rings (SSSR count). The number of ether oxygens (including phenoxy) is 1. The van der Waals surface area contributed by atoms with Gasteiger partial charge in [-0.05, 0) is 11.1 Å². The van der Waals surface area contributed by atoms with Crippen LogP contribution in [0.2, 0.25) is 0 Å². The number of anilines is 1. The highest BCUT2D eigenvalue weighted by molar-refractivity contribution is 7.48. The Labute approximate surface area is 211 Å². The number of nitrogen functional groups attached to an aromatic ring is 1. The summed E-state index contributed by atoms with van der Waals surface area (Å²) in [7, 11) is -4.16. The fraction of sp³-hybridized carbons (Fsp3) is 0.292. The average molecular weight is 529 g/mol. The number of nitrogens with zero attached hydrogens (tertiary/aromatic N) is 4. The number of imidazole rings is 1. The van der Waals surface area contributed by atoms with Crippen molar-refractivity contribution in [3.05, 3.63) is 84.4 Å². The molecule has 1 aliphatic heterocycles.